The zero-order valence-electron chi connectivity index (χ0n) is 24.3. The Morgan fingerprint density at radius 2 is 1.38 bits per heavy atom. The number of benzene rings is 3. The molecule has 1 N–H and O–H groups in total. The van der Waals surface area contributed by atoms with Crippen LogP contribution in [0.1, 0.15) is 63.9 Å². The number of carbonyl (C=O) groups is 2. The van der Waals surface area contributed by atoms with Gasteiger partial charge in [-0.25, -0.2) is 9.59 Å². The summed E-state index contributed by atoms with van der Waals surface area (Å²) in [6.45, 7) is 12.2. The molecule has 0 aliphatic heterocycles. The fourth-order valence-corrected chi connectivity index (χ4v) is 3.93. The first-order valence-corrected chi connectivity index (χ1v) is 14.6. The lowest BCUT2D eigenvalue weighted by atomic mass is 10.2. The maximum atomic E-state index is 12.3. The van der Waals surface area contributed by atoms with E-state index in [4.69, 9.17) is 9.47 Å². The van der Waals surface area contributed by atoms with E-state index < -0.39 is 17.0 Å². The minimum absolute atomic E-state index is 0.0643. The fourth-order valence-electron chi connectivity index (χ4n) is 2.94. The van der Waals surface area contributed by atoms with E-state index in [-0.39, 0.29) is 30.5 Å². The van der Waals surface area contributed by atoms with Gasteiger partial charge in [-0.3, -0.25) is 10.1 Å². The highest BCUT2D eigenvalue weighted by Crippen LogP contribution is 2.19. The number of amides is 1. The van der Waals surface area contributed by atoms with E-state index in [9.17, 15) is 19.7 Å². The number of thioether (sulfide) groups is 1. The molecule has 0 bridgehead atoms. The van der Waals surface area contributed by atoms with E-state index >= 15 is 0 Å². The van der Waals surface area contributed by atoms with Crippen LogP contribution in [0.5, 0.6) is 0 Å². The Kier molecular flexibility index (Phi) is 20.9. The Hall–Kier alpha value is -3.85. The molecule has 1 amide bonds. The molecule has 0 aliphatic carbocycles. The van der Waals surface area contributed by atoms with Crippen molar-refractivity contribution in [2.24, 2.45) is 0 Å². The summed E-state index contributed by atoms with van der Waals surface area (Å²) in [5, 5.41) is 13.6. The number of nitrogens with zero attached hydrogens (tertiary/aromatic N) is 1. The summed E-state index contributed by atoms with van der Waals surface area (Å²) >= 11 is 1.57. The van der Waals surface area contributed by atoms with Gasteiger partial charge in [0.05, 0.1) is 17.1 Å². The predicted molar refractivity (Wildman–Crippen MR) is 163 cm³/mol. The summed E-state index contributed by atoms with van der Waals surface area (Å²) in [6.07, 6.45) is -0.178. The number of rotatable bonds is 11. The molecule has 3 aromatic rings. The summed E-state index contributed by atoms with van der Waals surface area (Å²) in [4.78, 5) is 35.9. The molecule has 8 nitrogen and oxygen atoms in total. The first-order chi connectivity index (χ1) is 19.5. The van der Waals surface area contributed by atoms with Crippen LogP contribution in [0, 0.1) is 10.1 Å². The SMILES string of the molecule is CC.CC.CC.O=C(NC(CCOC(=O)c1ccc([N+](=O)[O-])cc1)CSc1ccccc1)OCc1ccccc1. The number of esters is 1. The van der Waals surface area contributed by atoms with Crippen molar-refractivity contribution < 1.29 is 24.0 Å². The number of hydrogen-bond acceptors (Lipinski definition) is 7. The van der Waals surface area contributed by atoms with Gasteiger partial charge < -0.3 is 14.8 Å². The van der Waals surface area contributed by atoms with Crippen molar-refractivity contribution in [3.63, 3.8) is 0 Å². The van der Waals surface area contributed by atoms with Gasteiger partial charge in [0, 0.05) is 35.2 Å². The number of ether oxygens (including phenoxy) is 2. The second kappa shape index (κ2) is 23.1. The quantitative estimate of drug-likeness (QED) is 0.107. The standard InChI is InChI=1S/C25H24N2O6S.3C2H6/c28-24(20-11-13-22(14-12-20)27(30)31)32-16-15-21(18-34-23-9-5-2-6-10-23)26-25(29)33-17-19-7-3-1-4-8-19;3*1-2/h1-14,21H,15-18H2,(H,26,29);3*1-2H3. The first kappa shape index (κ1) is 36.1. The monoisotopic (exact) mass is 570 g/mol. The van der Waals surface area contributed by atoms with Crippen LogP contribution in [0.25, 0.3) is 0 Å². The molecule has 40 heavy (non-hydrogen) atoms. The highest BCUT2D eigenvalue weighted by atomic mass is 32.2. The van der Waals surface area contributed by atoms with Crippen LogP contribution in [-0.2, 0) is 16.1 Å². The molecule has 1 unspecified atom stereocenters. The van der Waals surface area contributed by atoms with Crippen LogP contribution in [0.2, 0.25) is 0 Å². The highest BCUT2D eigenvalue weighted by Gasteiger charge is 2.16. The number of non-ortho nitro benzene ring substituents is 1. The average Bonchev–Trinajstić information content (AvgIpc) is 3.02. The second-order valence-corrected chi connectivity index (χ2v) is 8.35. The number of nitro benzene ring substituents is 1. The molecule has 218 valence electrons. The molecule has 0 radical (unpaired) electrons. The maximum Gasteiger partial charge on any atom is 0.407 e. The summed E-state index contributed by atoms with van der Waals surface area (Å²) in [6, 6.07) is 24.0. The number of nitrogens with one attached hydrogen (secondary N) is 1. The van der Waals surface area contributed by atoms with Gasteiger partial charge in [0.15, 0.2) is 0 Å². The molecule has 0 spiro atoms. The fraction of sp³-hybridized carbons (Fsp3) is 0.355. The molecule has 0 saturated carbocycles. The number of hydrogen-bond donors (Lipinski definition) is 1. The van der Waals surface area contributed by atoms with Crippen LogP contribution in [0.15, 0.2) is 89.8 Å². The third-order valence-electron chi connectivity index (χ3n) is 4.74. The van der Waals surface area contributed by atoms with Crippen molar-refractivity contribution in [3.05, 3.63) is 106 Å². The van der Waals surface area contributed by atoms with Crippen LogP contribution in [-0.4, -0.2) is 35.4 Å². The van der Waals surface area contributed by atoms with Crippen molar-refractivity contribution in [2.45, 2.75) is 65.5 Å². The van der Waals surface area contributed by atoms with E-state index in [2.05, 4.69) is 5.32 Å². The van der Waals surface area contributed by atoms with Gasteiger partial charge in [-0.1, -0.05) is 90.1 Å². The minimum Gasteiger partial charge on any atom is -0.462 e. The topological polar surface area (TPSA) is 108 Å². The van der Waals surface area contributed by atoms with Crippen LogP contribution in [0.4, 0.5) is 10.5 Å². The molecule has 0 heterocycles. The molecule has 0 aromatic heterocycles. The minimum atomic E-state index is -0.587. The molecular formula is C31H42N2O6S. The summed E-state index contributed by atoms with van der Waals surface area (Å²) in [7, 11) is 0. The summed E-state index contributed by atoms with van der Waals surface area (Å²) in [5.41, 5.74) is 0.994. The van der Waals surface area contributed by atoms with Crippen LogP contribution >= 0.6 is 11.8 Å². The largest absolute Gasteiger partial charge is 0.462 e. The highest BCUT2D eigenvalue weighted by molar-refractivity contribution is 7.99. The van der Waals surface area contributed by atoms with Crippen LogP contribution < -0.4 is 5.32 Å². The Morgan fingerprint density at radius 3 is 1.93 bits per heavy atom. The molecule has 3 aromatic carbocycles. The smallest absolute Gasteiger partial charge is 0.407 e. The van der Waals surface area contributed by atoms with E-state index in [1.165, 1.54) is 24.3 Å². The number of alkyl carbamates (subject to hydrolysis) is 1. The van der Waals surface area contributed by atoms with Crippen molar-refractivity contribution in [1.82, 2.24) is 5.32 Å². The first-order valence-electron chi connectivity index (χ1n) is 13.6. The predicted octanol–water partition coefficient (Wildman–Crippen LogP) is 8.31. The van der Waals surface area contributed by atoms with E-state index in [1.54, 1.807) is 11.8 Å². The van der Waals surface area contributed by atoms with Crippen molar-refractivity contribution in [1.29, 1.82) is 0 Å². The summed E-state index contributed by atoms with van der Waals surface area (Å²) < 4.78 is 10.6. The van der Waals surface area contributed by atoms with Gasteiger partial charge in [0.2, 0.25) is 0 Å². The van der Waals surface area contributed by atoms with Gasteiger partial charge in [-0.15, -0.1) is 11.8 Å². The van der Waals surface area contributed by atoms with Gasteiger partial charge >= 0.3 is 12.1 Å². The Morgan fingerprint density at radius 1 is 0.825 bits per heavy atom. The Labute approximate surface area is 242 Å². The molecule has 0 fully saturated rings. The van der Waals surface area contributed by atoms with Gasteiger partial charge in [0.25, 0.3) is 5.69 Å². The Balaban J connectivity index is 0.00000237. The molecule has 9 heteroatoms. The lowest BCUT2D eigenvalue weighted by Crippen LogP contribution is -2.38. The van der Waals surface area contributed by atoms with Gasteiger partial charge in [-0.05, 0) is 29.8 Å². The third-order valence-corrected chi connectivity index (χ3v) is 5.92. The van der Waals surface area contributed by atoms with Crippen molar-refractivity contribution in [2.75, 3.05) is 12.4 Å². The molecule has 0 aliphatic rings. The third kappa shape index (κ3) is 14.9. The van der Waals surface area contributed by atoms with Gasteiger partial charge in [0.1, 0.15) is 6.61 Å². The zero-order chi connectivity index (χ0) is 30.2. The molecule has 3 rings (SSSR count). The normalized spacial score (nSPS) is 10.1. The maximum absolute atomic E-state index is 12.3. The number of nitro groups is 1. The lowest BCUT2D eigenvalue weighted by Gasteiger charge is -2.18. The summed E-state index contributed by atoms with van der Waals surface area (Å²) in [5.74, 6) is -0.0319. The van der Waals surface area contributed by atoms with Crippen molar-refractivity contribution in [3.8, 4) is 0 Å². The lowest BCUT2D eigenvalue weighted by molar-refractivity contribution is -0.384. The van der Waals surface area contributed by atoms with E-state index in [1.807, 2.05) is 102 Å². The van der Waals surface area contributed by atoms with E-state index in [0.29, 0.717) is 12.2 Å². The van der Waals surface area contributed by atoms with E-state index in [0.717, 1.165) is 10.5 Å². The molecule has 0 saturated heterocycles. The van der Waals surface area contributed by atoms with Crippen LogP contribution in [0.3, 0.4) is 0 Å². The molecule has 1 atom stereocenters. The van der Waals surface area contributed by atoms with Crippen molar-refractivity contribution >= 4 is 29.5 Å². The Bertz CT molecular complexity index is 1080. The number of carbonyl (C=O) groups excluding carboxylic acids is 2. The second-order valence-electron chi connectivity index (χ2n) is 7.26. The molecular weight excluding hydrogens is 528 g/mol. The zero-order valence-corrected chi connectivity index (χ0v) is 25.1. The van der Waals surface area contributed by atoms with Gasteiger partial charge in [-0.2, -0.15) is 0 Å². The average molecular weight is 571 g/mol.